The van der Waals surface area contributed by atoms with Crippen molar-refractivity contribution in [1.82, 2.24) is 20.3 Å². The number of rotatable bonds is 4. The molecule has 2 aliphatic heterocycles. The minimum atomic E-state index is -0.176. The normalized spacial score (nSPS) is 22.8. The highest BCUT2D eigenvalue weighted by Crippen LogP contribution is 2.32. The number of amides is 1. The molecule has 29 heavy (non-hydrogen) atoms. The van der Waals surface area contributed by atoms with Crippen molar-refractivity contribution in [2.24, 2.45) is 5.92 Å². The van der Waals surface area contributed by atoms with Crippen molar-refractivity contribution < 1.29 is 4.79 Å². The van der Waals surface area contributed by atoms with Crippen LogP contribution in [0.1, 0.15) is 47.3 Å². The molecule has 6 heteroatoms. The molecule has 1 aromatic carbocycles. The van der Waals surface area contributed by atoms with E-state index in [1.807, 2.05) is 24.8 Å². The molecule has 0 bridgehead atoms. The van der Waals surface area contributed by atoms with Crippen LogP contribution >= 0.6 is 0 Å². The number of pyridine rings is 1. The fraction of sp³-hybridized carbons (Fsp3) is 0.478. The van der Waals surface area contributed by atoms with Crippen LogP contribution in [0.4, 0.5) is 0 Å². The molecular formula is C23H30N4O2. The van der Waals surface area contributed by atoms with Crippen LogP contribution in [0.15, 0.2) is 47.3 Å². The summed E-state index contributed by atoms with van der Waals surface area (Å²) < 4.78 is 1.67. The predicted octanol–water partition coefficient (Wildman–Crippen LogP) is 2.29. The molecule has 0 spiro atoms. The number of carbonyl (C=O) groups is 1. The number of aromatic nitrogens is 1. The molecule has 154 valence electrons. The molecular weight excluding hydrogens is 364 g/mol. The Morgan fingerprint density at radius 3 is 2.52 bits per heavy atom. The maximum atomic E-state index is 13.0. The van der Waals surface area contributed by atoms with E-state index in [-0.39, 0.29) is 11.5 Å². The second kappa shape index (κ2) is 8.51. The monoisotopic (exact) mass is 394 g/mol. The third kappa shape index (κ3) is 3.87. The van der Waals surface area contributed by atoms with Gasteiger partial charge in [-0.05, 0) is 50.3 Å². The number of likely N-dealkylation sites (tertiary alicyclic amines) is 1. The lowest BCUT2D eigenvalue weighted by atomic mass is 9.80. The van der Waals surface area contributed by atoms with E-state index in [0.717, 1.165) is 25.1 Å². The van der Waals surface area contributed by atoms with Crippen LogP contribution in [0.5, 0.6) is 0 Å². The second-order valence-corrected chi connectivity index (χ2v) is 8.14. The molecule has 2 saturated heterocycles. The minimum Gasteiger partial charge on any atom is -0.338 e. The summed E-state index contributed by atoms with van der Waals surface area (Å²) in [7, 11) is 0. The van der Waals surface area contributed by atoms with E-state index in [1.54, 1.807) is 10.6 Å². The highest BCUT2D eigenvalue weighted by molar-refractivity contribution is 5.94. The molecule has 0 radical (unpaired) electrons. The Morgan fingerprint density at radius 1 is 1.10 bits per heavy atom. The quantitative estimate of drug-likeness (QED) is 0.835. The lowest BCUT2D eigenvalue weighted by Crippen LogP contribution is -2.46. The van der Waals surface area contributed by atoms with Gasteiger partial charge in [0.05, 0.1) is 0 Å². The zero-order valence-electron chi connectivity index (χ0n) is 17.2. The molecule has 1 aromatic heterocycles. The van der Waals surface area contributed by atoms with Crippen molar-refractivity contribution in [2.45, 2.75) is 45.2 Å². The van der Waals surface area contributed by atoms with Crippen LogP contribution in [0.3, 0.4) is 0 Å². The number of carbonyl (C=O) groups excluding carboxylic acids is 1. The van der Waals surface area contributed by atoms with Crippen molar-refractivity contribution >= 4 is 5.91 Å². The number of nitrogens with one attached hydrogen (secondary N) is 2. The van der Waals surface area contributed by atoms with E-state index in [2.05, 4.69) is 41.2 Å². The Kier molecular flexibility index (Phi) is 5.83. The van der Waals surface area contributed by atoms with Crippen molar-refractivity contribution in [3.05, 3.63) is 69.6 Å². The molecule has 0 saturated carbocycles. The third-order valence-electron chi connectivity index (χ3n) is 6.53. The molecule has 2 atom stereocenters. The van der Waals surface area contributed by atoms with E-state index < -0.39 is 0 Å². The van der Waals surface area contributed by atoms with Crippen LogP contribution in [0.25, 0.3) is 0 Å². The molecule has 2 unspecified atom stereocenters. The smallest absolute Gasteiger partial charge is 0.263 e. The first-order valence-electron chi connectivity index (χ1n) is 10.6. The van der Waals surface area contributed by atoms with Crippen LogP contribution < -0.4 is 16.4 Å². The molecule has 2 N–H and O–H groups in total. The fourth-order valence-corrected chi connectivity index (χ4v) is 4.84. The standard InChI is InChI=1S/C23H30N4O2/c1-3-27-16(2)9-10-19(23(27)29)22(28)26-13-11-18(12-14-26)21-20(15-24-25-21)17-7-5-4-6-8-17/h4-10,18,20-21,24-25H,3,11-15H2,1-2H3. The Hall–Kier alpha value is -2.44. The van der Waals surface area contributed by atoms with Crippen LogP contribution in [0, 0.1) is 12.8 Å². The van der Waals surface area contributed by atoms with Gasteiger partial charge in [0.1, 0.15) is 5.56 Å². The highest BCUT2D eigenvalue weighted by atomic mass is 16.2. The number of aryl methyl sites for hydroxylation is 1. The van der Waals surface area contributed by atoms with Crippen LogP contribution in [-0.2, 0) is 6.54 Å². The zero-order valence-corrected chi connectivity index (χ0v) is 17.2. The van der Waals surface area contributed by atoms with Gasteiger partial charge < -0.3 is 9.47 Å². The van der Waals surface area contributed by atoms with Gasteiger partial charge in [0.15, 0.2) is 0 Å². The summed E-state index contributed by atoms with van der Waals surface area (Å²) in [5.41, 5.74) is 9.16. The predicted molar refractivity (Wildman–Crippen MR) is 114 cm³/mol. The summed E-state index contributed by atoms with van der Waals surface area (Å²) in [6.07, 6.45) is 1.89. The summed E-state index contributed by atoms with van der Waals surface area (Å²) in [4.78, 5) is 27.5. The Balaban J connectivity index is 1.43. The van der Waals surface area contributed by atoms with Crippen molar-refractivity contribution in [3.63, 3.8) is 0 Å². The van der Waals surface area contributed by atoms with Gasteiger partial charge in [-0.15, -0.1) is 0 Å². The van der Waals surface area contributed by atoms with E-state index in [1.165, 1.54) is 5.56 Å². The lowest BCUT2D eigenvalue weighted by molar-refractivity contribution is 0.0667. The number of nitrogens with zero attached hydrogens (tertiary/aromatic N) is 2. The van der Waals surface area contributed by atoms with Crippen LogP contribution in [-0.4, -0.2) is 41.1 Å². The molecule has 4 rings (SSSR count). The third-order valence-corrected chi connectivity index (χ3v) is 6.53. The molecule has 1 amide bonds. The number of hydrazine groups is 1. The topological polar surface area (TPSA) is 66.4 Å². The zero-order chi connectivity index (χ0) is 20.4. The maximum absolute atomic E-state index is 13.0. The average Bonchev–Trinajstić information content (AvgIpc) is 3.24. The van der Waals surface area contributed by atoms with Gasteiger partial charge in [-0.3, -0.25) is 20.4 Å². The van der Waals surface area contributed by atoms with Crippen LogP contribution in [0.2, 0.25) is 0 Å². The summed E-state index contributed by atoms with van der Waals surface area (Å²) in [6.45, 7) is 6.73. The van der Waals surface area contributed by atoms with Crippen molar-refractivity contribution in [2.75, 3.05) is 19.6 Å². The van der Waals surface area contributed by atoms with Gasteiger partial charge in [-0.25, -0.2) is 0 Å². The van der Waals surface area contributed by atoms with Gasteiger partial charge in [0, 0.05) is 43.8 Å². The number of benzene rings is 1. The van der Waals surface area contributed by atoms with Gasteiger partial charge in [-0.2, -0.15) is 0 Å². The molecule has 0 aliphatic carbocycles. The van der Waals surface area contributed by atoms with E-state index in [0.29, 0.717) is 43.1 Å². The largest absolute Gasteiger partial charge is 0.338 e. The highest BCUT2D eigenvalue weighted by Gasteiger charge is 2.37. The lowest BCUT2D eigenvalue weighted by Gasteiger charge is -2.36. The second-order valence-electron chi connectivity index (χ2n) is 8.14. The summed E-state index contributed by atoms with van der Waals surface area (Å²) in [5, 5.41) is 0. The van der Waals surface area contributed by atoms with E-state index in [4.69, 9.17) is 0 Å². The van der Waals surface area contributed by atoms with Gasteiger partial charge in [-0.1, -0.05) is 30.3 Å². The number of hydrogen-bond donors (Lipinski definition) is 2. The molecule has 2 fully saturated rings. The van der Waals surface area contributed by atoms with Crippen molar-refractivity contribution in [3.8, 4) is 0 Å². The first-order valence-corrected chi connectivity index (χ1v) is 10.6. The Labute approximate surface area is 171 Å². The molecule has 2 aliphatic rings. The first-order chi connectivity index (χ1) is 14.1. The van der Waals surface area contributed by atoms with Gasteiger partial charge >= 0.3 is 0 Å². The van der Waals surface area contributed by atoms with Crippen molar-refractivity contribution in [1.29, 1.82) is 0 Å². The molecule has 2 aromatic rings. The Bertz CT molecular complexity index is 916. The summed E-state index contributed by atoms with van der Waals surface area (Å²) >= 11 is 0. The van der Waals surface area contributed by atoms with Gasteiger partial charge in [0.2, 0.25) is 0 Å². The first kappa shape index (κ1) is 19.9. The number of piperidine rings is 1. The average molecular weight is 395 g/mol. The van der Waals surface area contributed by atoms with E-state index in [9.17, 15) is 9.59 Å². The molecule has 3 heterocycles. The molecule has 6 nitrogen and oxygen atoms in total. The van der Waals surface area contributed by atoms with E-state index >= 15 is 0 Å². The fourth-order valence-electron chi connectivity index (χ4n) is 4.84. The summed E-state index contributed by atoms with van der Waals surface area (Å²) in [5.74, 6) is 0.814. The minimum absolute atomic E-state index is 0.132. The SMILES string of the molecule is CCn1c(C)ccc(C(=O)N2CCC(C3NNCC3c3ccccc3)CC2)c1=O. The maximum Gasteiger partial charge on any atom is 0.263 e. The number of hydrogen-bond acceptors (Lipinski definition) is 4. The Morgan fingerprint density at radius 2 is 1.83 bits per heavy atom. The van der Waals surface area contributed by atoms with Gasteiger partial charge in [0.25, 0.3) is 11.5 Å². The summed E-state index contributed by atoms with van der Waals surface area (Å²) in [6, 6.07) is 14.5.